The van der Waals surface area contributed by atoms with Crippen LogP contribution in [0.15, 0.2) is 119 Å². The van der Waals surface area contributed by atoms with Crippen LogP contribution in [0.25, 0.3) is 0 Å². The summed E-state index contributed by atoms with van der Waals surface area (Å²) in [5.74, 6) is 0. The molecule has 8 heteroatoms. The molecule has 1 aromatic heterocycles. The van der Waals surface area contributed by atoms with Crippen LogP contribution in [-0.2, 0) is 15.1 Å². The number of hydrogen-bond donors (Lipinski definition) is 3. The van der Waals surface area contributed by atoms with E-state index in [1.165, 1.54) is 6.20 Å². The fourth-order valence-electron chi connectivity index (χ4n) is 5.02. The van der Waals surface area contributed by atoms with Gasteiger partial charge in [-0.2, -0.15) is 0 Å². The zero-order chi connectivity index (χ0) is 27.6. The van der Waals surface area contributed by atoms with Crippen LogP contribution in [0.5, 0.6) is 0 Å². The number of nitrogens with one attached hydrogen (secondary N) is 1. The molecule has 1 aliphatic heterocycles. The van der Waals surface area contributed by atoms with Gasteiger partial charge in [-0.3, -0.25) is 14.3 Å². The van der Waals surface area contributed by atoms with Crippen LogP contribution in [0.4, 0.5) is 0 Å². The van der Waals surface area contributed by atoms with Crippen LogP contribution in [0.2, 0.25) is 0 Å². The Labute approximate surface area is 225 Å². The second kappa shape index (κ2) is 11.0. The van der Waals surface area contributed by atoms with Crippen LogP contribution >= 0.6 is 0 Å². The third-order valence-corrected chi connectivity index (χ3v) is 7.11. The van der Waals surface area contributed by atoms with Crippen molar-refractivity contribution in [3.63, 3.8) is 0 Å². The number of hydrogen-bond acceptors (Lipinski definition) is 6. The van der Waals surface area contributed by atoms with Crippen molar-refractivity contribution >= 4 is 0 Å². The number of ether oxygens (including phenoxy) is 2. The Morgan fingerprint density at radius 3 is 1.87 bits per heavy atom. The summed E-state index contributed by atoms with van der Waals surface area (Å²) in [4.78, 5) is 26.8. The Hall–Kier alpha value is -4.08. The molecule has 3 aromatic carbocycles. The zero-order valence-corrected chi connectivity index (χ0v) is 21.4. The van der Waals surface area contributed by atoms with Crippen molar-refractivity contribution in [1.29, 1.82) is 0 Å². The number of aryl methyl sites for hydroxylation is 1. The molecule has 0 radical (unpaired) electrons. The second-order valence-electron chi connectivity index (χ2n) is 9.61. The summed E-state index contributed by atoms with van der Waals surface area (Å²) in [6.45, 7) is 5.27. The lowest BCUT2D eigenvalue weighted by molar-refractivity contribution is -0.187. The summed E-state index contributed by atoms with van der Waals surface area (Å²) in [5, 5.41) is 21.9. The molecule has 1 saturated heterocycles. The standard InChI is InChI=1S/C31H30N2O6/c1-20-18-33(30(37)32-28(20)36)29-21(2)26(34)27(35)25(39-29)19-38-31(22-12-6-3-7-13-22,23-14-8-4-9-15-23)24-16-10-5-11-17-24/h3-18,25-27,29,34-35H,2,19H2,1H3,(H,32,36,37)/t25-,26-,27+,29+/m1/s1. The summed E-state index contributed by atoms with van der Waals surface area (Å²) in [5.41, 5.74) is 0.657. The lowest BCUT2D eigenvalue weighted by Gasteiger charge is -2.42. The molecule has 4 aromatic rings. The molecule has 0 bridgehead atoms. The quantitative estimate of drug-likeness (QED) is 0.252. The maximum Gasteiger partial charge on any atom is 0.330 e. The predicted molar refractivity (Wildman–Crippen MR) is 146 cm³/mol. The van der Waals surface area contributed by atoms with Crippen molar-refractivity contribution in [2.75, 3.05) is 6.61 Å². The number of H-pyrrole nitrogens is 1. The molecule has 1 aliphatic rings. The molecule has 3 N–H and O–H groups in total. The smallest absolute Gasteiger partial charge is 0.330 e. The Bertz CT molecular complexity index is 1450. The molecule has 0 amide bonds. The summed E-state index contributed by atoms with van der Waals surface area (Å²) in [6, 6.07) is 29.2. The SMILES string of the molecule is C=C1[C@@H](O)[C@@H](O)[C@@H](COC(c2ccccc2)(c2ccccc2)c2ccccc2)O[C@@H]1n1cc(C)c(=O)[nH]c1=O. The number of aromatic nitrogens is 2. The molecule has 4 atom stereocenters. The van der Waals surface area contributed by atoms with Crippen LogP contribution in [0.1, 0.15) is 28.5 Å². The molecule has 0 spiro atoms. The number of rotatable bonds is 7. The molecule has 5 rings (SSSR count). The highest BCUT2D eigenvalue weighted by atomic mass is 16.6. The van der Waals surface area contributed by atoms with Gasteiger partial charge in [0, 0.05) is 17.3 Å². The second-order valence-corrected chi connectivity index (χ2v) is 9.61. The third-order valence-electron chi connectivity index (χ3n) is 7.11. The third kappa shape index (κ3) is 4.91. The van der Waals surface area contributed by atoms with Crippen LogP contribution < -0.4 is 11.2 Å². The average Bonchev–Trinajstić information content (AvgIpc) is 2.97. The van der Waals surface area contributed by atoms with Gasteiger partial charge in [0.2, 0.25) is 0 Å². The van der Waals surface area contributed by atoms with Gasteiger partial charge in [0.25, 0.3) is 5.56 Å². The maximum atomic E-state index is 12.6. The first-order valence-corrected chi connectivity index (χ1v) is 12.7. The normalized spacial score (nSPS) is 21.6. The van der Waals surface area contributed by atoms with E-state index in [-0.39, 0.29) is 17.7 Å². The van der Waals surface area contributed by atoms with Gasteiger partial charge in [-0.1, -0.05) is 97.6 Å². The molecule has 0 unspecified atom stereocenters. The number of benzene rings is 3. The molecular weight excluding hydrogens is 496 g/mol. The van der Waals surface area contributed by atoms with Gasteiger partial charge in [-0.25, -0.2) is 4.79 Å². The van der Waals surface area contributed by atoms with E-state index < -0.39 is 41.4 Å². The van der Waals surface area contributed by atoms with Crippen molar-refractivity contribution in [3.05, 3.63) is 152 Å². The minimum absolute atomic E-state index is 0.0905. The number of nitrogens with zero attached hydrogens (tertiary/aromatic N) is 1. The van der Waals surface area contributed by atoms with Crippen molar-refractivity contribution in [3.8, 4) is 0 Å². The van der Waals surface area contributed by atoms with Gasteiger partial charge < -0.3 is 19.7 Å². The number of aliphatic hydroxyl groups excluding tert-OH is 2. The molecular formula is C31H30N2O6. The topological polar surface area (TPSA) is 114 Å². The zero-order valence-electron chi connectivity index (χ0n) is 21.4. The molecule has 39 heavy (non-hydrogen) atoms. The van der Waals surface area contributed by atoms with E-state index in [0.29, 0.717) is 0 Å². The average molecular weight is 527 g/mol. The highest BCUT2D eigenvalue weighted by Gasteiger charge is 2.44. The minimum atomic E-state index is -1.39. The first-order chi connectivity index (χ1) is 18.8. The highest BCUT2D eigenvalue weighted by Crippen LogP contribution is 2.41. The first-order valence-electron chi connectivity index (χ1n) is 12.7. The van der Waals surface area contributed by atoms with Crippen LogP contribution in [0, 0.1) is 6.92 Å². The van der Waals surface area contributed by atoms with Crippen molar-refractivity contribution in [1.82, 2.24) is 9.55 Å². The summed E-state index contributed by atoms with van der Waals surface area (Å²) in [7, 11) is 0. The Morgan fingerprint density at radius 2 is 1.38 bits per heavy atom. The molecule has 2 heterocycles. The van der Waals surface area contributed by atoms with Gasteiger partial charge in [0.05, 0.1) is 6.61 Å². The number of aromatic amines is 1. The monoisotopic (exact) mass is 526 g/mol. The Kier molecular flexibility index (Phi) is 7.45. The molecule has 1 fully saturated rings. The minimum Gasteiger partial charge on any atom is -0.387 e. The predicted octanol–water partition coefficient (Wildman–Crippen LogP) is 3.03. The van der Waals surface area contributed by atoms with E-state index in [2.05, 4.69) is 11.6 Å². The van der Waals surface area contributed by atoms with E-state index in [4.69, 9.17) is 9.47 Å². The van der Waals surface area contributed by atoms with Crippen molar-refractivity contribution < 1.29 is 19.7 Å². The molecule has 200 valence electrons. The fourth-order valence-corrected chi connectivity index (χ4v) is 5.02. The van der Waals surface area contributed by atoms with Gasteiger partial charge >= 0.3 is 5.69 Å². The summed E-state index contributed by atoms with van der Waals surface area (Å²) in [6.07, 6.45) is -3.57. The van der Waals surface area contributed by atoms with E-state index in [1.54, 1.807) is 6.92 Å². The lowest BCUT2D eigenvalue weighted by atomic mass is 9.80. The fraction of sp³-hybridized carbons (Fsp3) is 0.226. The summed E-state index contributed by atoms with van der Waals surface area (Å²) < 4.78 is 14.1. The van der Waals surface area contributed by atoms with Gasteiger partial charge in [-0.05, 0) is 23.6 Å². The van der Waals surface area contributed by atoms with Crippen molar-refractivity contribution in [2.45, 2.75) is 37.1 Å². The largest absolute Gasteiger partial charge is 0.387 e. The van der Waals surface area contributed by atoms with E-state index >= 15 is 0 Å². The van der Waals surface area contributed by atoms with Crippen LogP contribution in [0.3, 0.4) is 0 Å². The van der Waals surface area contributed by atoms with Gasteiger partial charge in [0.1, 0.15) is 23.9 Å². The van der Waals surface area contributed by atoms with E-state index in [1.807, 2.05) is 91.0 Å². The van der Waals surface area contributed by atoms with E-state index in [9.17, 15) is 19.8 Å². The van der Waals surface area contributed by atoms with Crippen LogP contribution in [-0.4, -0.2) is 44.7 Å². The van der Waals surface area contributed by atoms with Crippen molar-refractivity contribution in [2.24, 2.45) is 0 Å². The van der Waals surface area contributed by atoms with E-state index in [0.717, 1.165) is 21.3 Å². The summed E-state index contributed by atoms with van der Waals surface area (Å²) >= 11 is 0. The molecule has 8 nitrogen and oxygen atoms in total. The molecule has 0 saturated carbocycles. The Balaban J connectivity index is 1.56. The number of aliphatic hydroxyl groups is 2. The Morgan fingerprint density at radius 1 is 0.897 bits per heavy atom. The van der Waals surface area contributed by atoms with Gasteiger partial charge in [0.15, 0.2) is 6.23 Å². The first kappa shape index (κ1) is 26.5. The molecule has 0 aliphatic carbocycles. The highest BCUT2D eigenvalue weighted by molar-refractivity contribution is 5.47. The lowest BCUT2D eigenvalue weighted by Crippen LogP contribution is -2.52. The maximum absolute atomic E-state index is 12.6. The van der Waals surface area contributed by atoms with Gasteiger partial charge in [-0.15, -0.1) is 0 Å².